The molecule has 2 aromatic rings. The van der Waals surface area contributed by atoms with Crippen molar-refractivity contribution in [2.75, 3.05) is 47.1 Å². The molecule has 35 heavy (non-hydrogen) atoms. The maximum Gasteiger partial charge on any atom is 0.359 e. The molecule has 0 bridgehead atoms. The quantitative estimate of drug-likeness (QED) is 0.497. The number of carbonyl (C=O) groups is 3. The van der Waals surface area contributed by atoms with Crippen LogP contribution >= 0.6 is 0 Å². The van der Waals surface area contributed by atoms with Gasteiger partial charge in [0.25, 0.3) is 0 Å². The Balaban J connectivity index is 1.54. The number of aromatic nitrogens is 2. The van der Waals surface area contributed by atoms with E-state index in [4.69, 9.17) is 14.2 Å². The molecule has 1 unspecified atom stereocenters. The molecule has 0 spiro atoms. The molecule has 0 radical (unpaired) electrons. The molecule has 0 saturated carbocycles. The minimum Gasteiger partial charge on any atom is -0.497 e. The van der Waals surface area contributed by atoms with Crippen molar-refractivity contribution in [2.24, 2.45) is 5.92 Å². The maximum absolute atomic E-state index is 13.3. The van der Waals surface area contributed by atoms with Crippen molar-refractivity contribution in [3.63, 3.8) is 0 Å². The summed E-state index contributed by atoms with van der Waals surface area (Å²) in [4.78, 5) is 41.7. The second kappa shape index (κ2) is 10.9. The van der Waals surface area contributed by atoms with Gasteiger partial charge in [0.2, 0.25) is 11.8 Å². The van der Waals surface area contributed by atoms with Crippen LogP contribution in [0.5, 0.6) is 5.75 Å². The Morgan fingerprint density at radius 2 is 1.94 bits per heavy atom. The van der Waals surface area contributed by atoms with E-state index in [9.17, 15) is 14.4 Å². The summed E-state index contributed by atoms with van der Waals surface area (Å²) in [6.07, 6.45) is 0.769. The van der Waals surface area contributed by atoms with E-state index < -0.39 is 5.97 Å². The molecule has 0 N–H and O–H groups in total. The number of carbonyl (C=O) groups excluding carboxylic acids is 3. The Morgan fingerprint density at radius 3 is 2.63 bits per heavy atom. The average Bonchev–Trinajstić information content (AvgIpc) is 3.42. The van der Waals surface area contributed by atoms with E-state index >= 15 is 0 Å². The van der Waals surface area contributed by atoms with Crippen molar-refractivity contribution in [2.45, 2.75) is 32.9 Å². The summed E-state index contributed by atoms with van der Waals surface area (Å²) in [7, 11) is 3.21. The molecular weight excluding hydrogens is 452 g/mol. The van der Waals surface area contributed by atoms with E-state index in [1.165, 1.54) is 0 Å². The number of hydrogen-bond donors (Lipinski definition) is 0. The van der Waals surface area contributed by atoms with Gasteiger partial charge in [-0.3, -0.25) is 14.3 Å². The first kappa shape index (κ1) is 24.7. The molecule has 2 aliphatic heterocycles. The summed E-state index contributed by atoms with van der Waals surface area (Å²) in [6.45, 7) is 4.57. The number of ether oxygens (including phenoxy) is 3. The van der Waals surface area contributed by atoms with E-state index in [2.05, 4.69) is 5.10 Å². The summed E-state index contributed by atoms with van der Waals surface area (Å²) in [6, 6.07) is 7.69. The van der Waals surface area contributed by atoms with Crippen LogP contribution in [0.3, 0.4) is 0 Å². The molecule has 1 atom stereocenters. The molecule has 3 heterocycles. The summed E-state index contributed by atoms with van der Waals surface area (Å²) >= 11 is 0. The van der Waals surface area contributed by atoms with E-state index in [1.54, 1.807) is 30.9 Å². The van der Waals surface area contributed by atoms with Crippen molar-refractivity contribution < 1.29 is 28.6 Å². The van der Waals surface area contributed by atoms with Gasteiger partial charge in [0, 0.05) is 57.4 Å². The highest BCUT2D eigenvalue weighted by Crippen LogP contribution is 2.28. The Hall–Kier alpha value is -3.40. The van der Waals surface area contributed by atoms with Gasteiger partial charge in [0.15, 0.2) is 5.69 Å². The second-order valence-electron chi connectivity index (χ2n) is 8.74. The van der Waals surface area contributed by atoms with Gasteiger partial charge in [-0.15, -0.1) is 0 Å². The summed E-state index contributed by atoms with van der Waals surface area (Å²) in [5.41, 5.74) is 2.91. The Labute approximate surface area is 204 Å². The summed E-state index contributed by atoms with van der Waals surface area (Å²) in [5.74, 6) is -0.211. The number of hydrogen-bond acceptors (Lipinski definition) is 7. The average molecular weight is 485 g/mol. The minimum atomic E-state index is -0.492. The molecule has 1 aromatic heterocycles. The fourth-order valence-corrected chi connectivity index (χ4v) is 4.69. The van der Waals surface area contributed by atoms with Crippen LogP contribution in [0, 0.1) is 5.92 Å². The third kappa shape index (κ3) is 5.32. The lowest BCUT2D eigenvalue weighted by Crippen LogP contribution is -2.41. The number of benzene rings is 1. The first-order valence-corrected chi connectivity index (χ1v) is 11.9. The standard InChI is InChI=1S/C25H32N4O6/c1-4-35-25(32)23-20-16-28(24(31)18-13-22(30)27(15-18)11-12-33-2)10-9-21(20)29(26-23)14-17-5-7-19(34-3)8-6-17/h5-8,18H,4,9-16H2,1-3H3. The molecule has 1 saturated heterocycles. The van der Waals surface area contributed by atoms with Crippen LogP contribution in [0.25, 0.3) is 0 Å². The van der Waals surface area contributed by atoms with Crippen molar-refractivity contribution in [3.05, 3.63) is 46.8 Å². The third-order valence-corrected chi connectivity index (χ3v) is 6.53. The topological polar surface area (TPSA) is 103 Å². The largest absolute Gasteiger partial charge is 0.497 e. The molecule has 10 nitrogen and oxygen atoms in total. The highest BCUT2D eigenvalue weighted by molar-refractivity contribution is 5.91. The predicted octanol–water partition coefficient (Wildman–Crippen LogP) is 1.50. The Kier molecular flexibility index (Phi) is 7.70. The zero-order valence-corrected chi connectivity index (χ0v) is 20.5. The third-order valence-electron chi connectivity index (χ3n) is 6.53. The smallest absolute Gasteiger partial charge is 0.359 e. The number of nitrogens with zero attached hydrogens (tertiary/aromatic N) is 4. The lowest BCUT2D eigenvalue weighted by Gasteiger charge is -2.30. The molecule has 2 amide bonds. The molecule has 2 aliphatic rings. The highest BCUT2D eigenvalue weighted by atomic mass is 16.5. The van der Waals surface area contributed by atoms with Crippen LogP contribution in [0.1, 0.15) is 40.7 Å². The van der Waals surface area contributed by atoms with Crippen molar-refractivity contribution in [1.82, 2.24) is 19.6 Å². The van der Waals surface area contributed by atoms with E-state index in [0.717, 1.165) is 22.6 Å². The van der Waals surface area contributed by atoms with Gasteiger partial charge in [-0.1, -0.05) is 12.1 Å². The lowest BCUT2D eigenvalue weighted by molar-refractivity contribution is -0.136. The first-order chi connectivity index (χ1) is 16.9. The molecule has 1 aromatic carbocycles. The minimum absolute atomic E-state index is 0.0300. The number of esters is 1. The van der Waals surface area contributed by atoms with Crippen molar-refractivity contribution in [1.29, 1.82) is 0 Å². The zero-order valence-electron chi connectivity index (χ0n) is 20.5. The second-order valence-corrected chi connectivity index (χ2v) is 8.74. The van der Waals surface area contributed by atoms with Gasteiger partial charge in [-0.05, 0) is 24.6 Å². The van der Waals surface area contributed by atoms with Gasteiger partial charge in [-0.25, -0.2) is 4.79 Å². The van der Waals surface area contributed by atoms with Crippen LogP contribution in [0.15, 0.2) is 24.3 Å². The van der Waals surface area contributed by atoms with Gasteiger partial charge >= 0.3 is 5.97 Å². The summed E-state index contributed by atoms with van der Waals surface area (Å²) < 4.78 is 17.4. The number of methoxy groups -OCH3 is 2. The van der Waals surface area contributed by atoms with E-state index in [0.29, 0.717) is 39.2 Å². The van der Waals surface area contributed by atoms with Crippen LogP contribution in [0.4, 0.5) is 0 Å². The number of likely N-dealkylation sites (tertiary alicyclic amines) is 1. The number of amides is 2. The molecule has 4 rings (SSSR count). The van der Waals surface area contributed by atoms with Crippen molar-refractivity contribution in [3.8, 4) is 5.75 Å². The fourth-order valence-electron chi connectivity index (χ4n) is 4.69. The highest BCUT2D eigenvalue weighted by Gasteiger charge is 2.38. The molecule has 188 valence electrons. The predicted molar refractivity (Wildman–Crippen MR) is 126 cm³/mol. The van der Waals surface area contributed by atoms with Crippen LogP contribution in [-0.4, -0.2) is 84.4 Å². The van der Waals surface area contributed by atoms with Gasteiger partial charge in [-0.2, -0.15) is 5.10 Å². The summed E-state index contributed by atoms with van der Waals surface area (Å²) in [5, 5.41) is 4.59. The Bertz CT molecular complexity index is 1080. The SMILES string of the molecule is CCOC(=O)c1nn(Cc2ccc(OC)cc2)c2c1CN(C(=O)C1CC(=O)N(CCOC)C1)CC2. The van der Waals surface area contributed by atoms with Gasteiger partial charge < -0.3 is 24.0 Å². The number of rotatable bonds is 9. The monoisotopic (exact) mass is 484 g/mol. The van der Waals surface area contributed by atoms with E-state index in [-0.39, 0.29) is 43.0 Å². The Morgan fingerprint density at radius 1 is 1.17 bits per heavy atom. The fraction of sp³-hybridized carbons (Fsp3) is 0.520. The number of fused-ring (bicyclic) bond motifs is 1. The molecule has 0 aliphatic carbocycles. The molecule has 1 fully saturated rings. The van der Waals surface area contributed by atoms with Crippen LogP contribution in [0.2, 0.25) is 0 Å². The van der Waals surface area contributed by atoms with Crippen LogP contribution < -0.4 is 4.74 Å². The molecular formula is C25H32N4O6. The zero-order chi connectivity index (χ0) is 24.9. The van der Waals surface area contributed by atoms with E-state index in [1.807, 2.05) is 28.9 Å². The normalized spacial score (nSPS) is 17.5. The van der Waals surface area contributed by atoms with Gasteiger partial charge in [0.1, 0.15) is 5.75 Å². The van der Waals surface area contributed by atoms with Gasteiger partial charge in [0.05, 0.1) is 32.8 Å². The molecule has 10 heteroatoms. The maximum atomic E-state index is 13.3. The first-order valence-electron chi connectivity index (χ1n) is 11.9. The van der Waals surface area contributed by atoms with Crippen LogP contribution in [-0.2, 0) is 38.6 Å². The van der Waals surface area contributed by atoms with Crippen molar-refractivity contribution >= 4 is 17.8 Å². The lowest BCUT2D eigenvalue weighted by atomic mass is 10.0.